The van der Waals surface area contributed by atoms with Crippen molar-refractivity contribution in [1.29, 1.82) is 0 Å². The molecule has 92 valence electrons. The first-order chi connectivity index (χ1) is 7.27. The van der Waals surface area contributed by atoms with Crippen LogP contribution in [0.25, 0.3) is 0 Å². The quantitative estimate of drug-likeness (QED) is 0.611. The molecule has 0 aliphatic carbocycles. The number of aliphatic hydroxyl groups excluding tert-OH is 1. The van der Waals surface area contributed by atoms with Crippen molar-refractivity contribution in [2.45, 2.75) is 31.1 Å². The maximum Gasteiger partial charge on any atom is 0.327 e. The molecule has 1 aliphatic rings. The molecule has 0 spiro atoms. The van der Waals surface area contributed by atoms with Gasteiger partial charge >= 0.3 is 5.97 Å². The molecule has 0 bridgehead atoms. The molecule has 1 fully saturated rings. The van der Waals surface area contributed by atoms with E-state index in [0.717, 1.165) is 0 Å². The van der Waals surface area contributed by atoms with E-state index in [4.69, 9.17) is 10.2 Å². The number of thiol groups is 1. The Balaban J connectivity index is 2.89. The van der Waals surface area contributed by atoms with Gasteiger partial charge in [-0.1, -0.05) is 0 Å². The monoisotopic (exact) mass is 247 g/mol. The van der Waals surface area contributed by atoms with E-state index in [1.54, 1.807) is 13.8 Å². The number of hydrogen-bond donors (Lipinski definition) is 3. The Morgan fingerprint density at radius 2 is 2.25 bits per heavy atom. The summed E-state index contributed by atoms with van der Waals surface area (Å²) in [5, 5.41) is 18.1. The van der Waals surface area contributed by atoms with E-state index in [1.165, 1.54) is 4.90 Å². The number of carboxylic acid groups (broad SMARTS) is 1. The minimum absolute atomic E-state index is 0.0957. The molecule has 1 amide bonds. The average Bonchev–Trinajstić information content (AvgIpc) is 2.44. The molecule has 1 aliphatic heterocycles. The summed E-state index contributed by atoms with van der Waals surface area (Å²) < 4.78 is -0.814. The predicted molar refractivity (Wildman–Crippen MR) is 61.4 cm³/mol. The van der Waals surface area contributed by atoms with Gasteiger partial charge in [-0.25, -0.2) is 4.79 Å². The van der Waals surface area contributed by atoms with Crippen LogP contribution < -0.4 is 0 Å². The van der Waals surface area contributed by atoms with Gasteiger partial charge in [0.25, 0.3) is 0 Å². The smallest absolute Gasteiger partial charge is 0.327 e. The zero-order valence-corrected chi connectivity index (χ0v) is 10.3. The fourth-order valence-electron chi connectivity index (χ4n) is 2.00. The number of rotatable bonds is 4. The second kappa shape index (κ2) is 4.63. The summed E-state index contributed by atoms with van der Waals surface area (Å²) in [6, 6.07) is -0.958. The lowest BCUT2D eigenvalue weighted by atomic mass is 10.0. The van der Waals surface area contributed by atoms with E-state index in [9.17, 15) is 9.59 Å². The molecule has 16 heavy (non-hydrogen) atoms. The van der Waals surface area contributed by atoms with Gasteiger partial charge in [0, 0.05) is 30.2 Å². The summed E-state index contributed by atoms with van der Waals surface area (Å²) >= 11 is 4.23. The second-order valence-electron chi connectivity index (χ2n) is 4.69. The SMILES string of the molecule is CC(C)(S)[C@@H](C(=O)O)N1CC(CO)CC1=O. The highest BCUT2D eigenvalue weighted by molar-refractivity contribution is 7.81. The van der Waals surface area contributed by atoms with Crippen LogP contribution in [0, 0.1) is 5.92 Å². The molecular formula is C10H17NO4S. The predicted octanol–water partition coefficient (Wildman–Crippen LogP) is -0.0112. The molecule has 1 saturated heterocycles. The minimum Gasteiger partial charge on any atom is -0.480 e. The molecule has 0 radical (unpaired) electrons. The van der Waals surface area contributed by atoms with Crippen LogP contribution in [-0.2, 0) is 9.59 Å². The van der Waals surface area contributed by atoms with Crippen molar-refractivity contribution >= 4 is 24.5 Å². The van der Waals surface area contributed by atoms with Gasteiger partial charge in [-0.2, -0.15) is 12.6 Å². The number of hydrogen-bond acceptors (Lipinski definition) is 4. The van der Waals surface area contributed by atoms with Gasteiger partial charge < -0.3 is 15.1 Å². The second-order valence-corrected chi connectivity index (χ2v) is 5.85. The first-order valence-corrected chi connectivity index (χ1v) is 5.57. The van der Waals surface area contributed by atoms with Gasteiger partial charge in [0.05, 0.1) is 0 Å². The van der Waals surface area contributed by atoms with E-state index in [2.05, 4.69) is 12.6 Å². The Morgan fingerprint density at radius 3 is 2.56 bits per heavy atom. The fourth-order valence-corrected chi connectivity index (χ4v) is 2.25. The van der Waals surface area contributed by atoms with Gasteiger partial charge in [0.2, 0.25) is 5.91 Å². The van der Waals surface area contributed by atoms with Gasteiger partial charge in [-0.05, 0) is 13.8 Å². The number of amides is 1. The Bertz CT molecular complexity index is 300. The van der Waals surface area contributed by atoms with E-state index in [-0.39, 0.29) is 31.4 Å². The van der Waals surface area contributed by atoms with Crippen molar-refractivity contribution in [2.24, 2.45) is 5.92 Å². The van der Waals surface area contributed by atoms with Crippen molar-refractivity contribution in [3.63, 3.8) is 0 Å². The first kappa shape index (κ1) is 13.3. The summed E-state index contributed by atoms with van der Waals surface area (Å²) in [7, 11) is 0. The normalized spacial score (nSPS) is 23.6. The minimum atomic E-state index is -1.06. The molecule has 1 rings (SSSR count). The Hall–Kier alpha value is -0.750. The summed E-state index contributed by atoms with van der Waals surface area (Å²) in [6.45, 7) is 3.51. The molecule has 2 N–H and O–H groups in total. The zero-order valence-electron chi connectivity index (χ0n) is 9.38. The number of likely N-dealkylation sites (tertiary alicyclic amines) is 1. The summed E-state index contributed by atoms with van der Waals surface area (Å²) in [5.41, 5.74) is 0. The van der Waals surface area contributed by atoms with Crippen LogP contribution in [0.1, 0.15) is 20.3 Å². The maximum atomic E-state index is 11.7. The maximum absolute atomic E-state index is 11.7. The van der Waals surface area contributed by atoms with E-state index in [0.29, 0.717) is 0 Å². The molecule has 0 aromatic carbocycles. The number of carbonyl (C=O) groups is 2. The highest BCUT2D eigenvalue weighted by Gasteiger charge is 2.43. The van der Waals surface area contributed by atoms with Crippen molar-refractivity contribution in [2.75, 3.05) is 13.2 Å². The van der Waals surface area contributed by atoms with Crippen LogP contribution >= 0.6 is 12.6 Å². The topological polar surface area (TPSA) is 77.8 Å². The molecule has 5 nitrogen and oxygen atoms in total. The third-order valence-electron chi connectivity index (χ3n) is 2.71. The molecule has 0 aromatic heterocycles. The first-order valence-electron chi connectivity index (χ1n) is 5.13. The third kappa shape index (κ3) is 2.68. The van der Waals surface area contributed by atoms with Gasteiger partial charge in [-0.3, -0.25) is 4.79 Å². The molecule has 0 saturated carbocycles. The van der Waals surface area contributed by atoms with Crippen LogP contribution in [0.5, 0.6) is 0 Å². The highest BCUT2D eigenvalue weighted by Crippen LogP contribution is 2.28. The van der Waals surface area contributed by atoms with Gasteiger partial charge in [0.1, 0.15) is 6.04 Å². The van der Waals surface area contributed by atoms with Crippen molar-refractivity contribution in [3.8, 4) is 0 Å². The van der Waals surface area contributed by atoms with Crippen molar-refractivity contribution in [1.82, 2.24) is 4.90 Å². The molecule has 6 heteroatoms. The van der Waals surface area contributed by atoms with Crippen LogP contribution in [0.3, 0.4) is 0 Å². The van der Waals surface area contributed by atoms with Crippen LogP contribution in [0.15, 0.2) is 0 Å². The molecule has 0 aromatic rings. The molecule has 1 unspecified atom stereocenters. The Labute approximate surface area is 99.8 Å². The lowest BCUT2D eigenvalue weighted by molar-refractivity contribution is -0.149. The number of carboxylic acids is 1. The van der Waals surface area contributed by atoms with E-state index >= 15 is 0 Å². The van der Waals surface area contributed by atoms with Crippen LogP contribution in [-0.4, -0.2) is 50.9 Å². The number of aliphatic hydroxyl groups is 1. The van der Waals surface area contributed by atoms with Gasteiger partial charge in [-0.15, -0.1) is 0 Å². The summed E-state index contributed by atoms with van der Waals surface area (Å²) in [4.78, 5) is 24.1. The van der Waals surface area contributed by atoms with Crippen molar-refractivity contribution < 1.29 is 19.8 Å². The summed E-state index contributed by atoms with van der Waals surface area (Å²) in [6.07, 6.45) is 0.212. The number of aliphatic carboxylic acids is 1. The van der Waals surface area contributed by atoms with E-state index in [1.807, 2.05) is 0 Å². The highest BCUT2D eigenvalue weighted by atomic mass is 32.1. The Kier molecular flexibility index (Phi) is 3.85. The Morgan fingerprint density at radius 1 is 1.69 bits per heavy atom. The largest absolute Gasteiger partial charge is 0.480 e. The summed E-state index contributed by atoms with van der Waals surface area (Å²) in [5.74, 6) is -1.45. The van der Waals surface area contributed by atoms with Crippen LogP contribution in [0.2, 0.25) is 0 Å². The molecule has 2 atom stereocenters. The molecular weight excluding hydrogens is 230 g/mol. The fraction of sp³-hybridized carbons (Fsp3) is 0.800. The zero-order chi connectivity index (χ0) is 12.5. The lowest BCUT2D eigenvalue weighted by Crippen LogP contribution is -2.52. The standard InChI is InChI=1S/C10H17NO4S/c1-10(2,16)8(9(14)15)11-4-6(5-12)3-7(11)13/h6,8,12,16H,3-5H2,1-2H3,(H,14,15)/t6?,8-/m1/s1. The number of nitrogens with zero attached hydrogens (tertiary/aromatic N) is 1. The average molecular weight is 247 g/mol. The van der Waals surface area contributed by atoms with E-state index < -0.39 is 16.8 Å². The van der Waals surface area contributed by atoms with Crippen molar-refractivity contribution in [3.05, 3.63) is 0 Å². The van der Waals surface area contributed by atoms with Crippen LogP contribution in [0.4, 0.5) is 0 Å². The number of carbonyl (C=O) groups excluding carboxylic acids is 1. The van der Waals surface area contributed by atoms with Gasteiger partial charge in [0.15, 0.2) is 0 Å². The third-order valence-corrected chi connectivity index (χ3v) is 2.96. The molecule has 1 heterocycles. The lowest BCUT2D eigenvalue weighted by Gasteiger charge is -2.34.